The lowest BCUT2D eigenvalue weighted by molar-refractivity contribution is -0.117. The monoisotopic (exact) mass is 429 g/mol. The van der Waals surface area contributed by atoms with Gasteiger partial charge >= 0.3 is 5.97 Å². The fourth-order valence-corrected chi connectivity index (χ4v) is 5.48. The summed E-state index contributed by atoms with van der Waals surface area (Å²) in [5, 5.41) is 6.40. The molecule has 0 bridgehead atoms. The Balaban J connectivity index is 1.30. The minimum Gasteiger partial charge on any atom is -0.462 e. The molecule has 1 saturated heterocycles. The molecule has 3 aromatic rings. The number of rotatable bonds is 6. The summed E-state index contributed by atoms with van der Waals surface area (Å²) in [5.41, 5.74) is 1.49. The lowest BCUT2D eigenvalue weighted by Crippen LogP contribution is -2.38. The number of thiazole rings is 1. The average molecular weight is 430 g/mol. The van der Waals surface area contributed by atoms with E-state index in [-0.39, 0.29) is 5.91 Å². The molecule has 1 N–H and O–H groups in total. The van der Waals surface area contributed by atoms with Gasteiger partial charge in [-0.2, -0.15) is 0 Å². The van der Waals surface area contributed by atoms with E-state index in [4.69, 9.17) is 9.72 Å². The maximum absolute atomic E-state index is 12.5. The van der Waals surface area contributed by atoms with Crippen molar-refractivity contribution in [3.63, 3.8) is 0 Å². The van der Waals surface area contributed by atoms with Crippen molar-refractivity contribution in [2.45, 2.75) is 25.7 Å². The van der Waals surface area contributed by atoms with Crippen molar-refractivity contribution in [3.05, 3.63) is 46.3 Å². The van der Waals surface area contributed by atoms with E-state index in [1.165, 1.54) is 21.0 Å². The van der Waals surface area contributed by atoms with Crippen LogP contribution in [0.2, 0.25) is 0 Å². The first kappa shape index (κ1) is 20.0. The summed E-state index contributed by atoms with van der Waals surface area (Å²) in [6, 6.07) is 9.93. The number of ether oxygens (including phenoxy) is 1. The maximum Gasteiger partial charge on any atom is 0.341 e. The van der Waals surface area contributed by atoms with Crippen LogP contribution in [0.3, 0.4) is 0 Å². The molecule has 3 heterocycles. The SMILES string of the molecule is CCOC(=O)c1ccsc1NC(=O)CN1CCC(c2nc3ccccc3s2)CC1. The Morgan fingerprint density at radius 2 is 2.03 bits per heavy atom. The van der Waals surface area contributed by atoms with E-state index in [1.54, 1.807) is 29.7 Å². The molecule has 1 amide bonds. The topological polar surface area (TPSA) is 71.5 Å². The predicted octanol–water partition coefficient (Wildman–Crippen LogP) is 4.35. The lowest BCUT2D eigenvalue weighted by Gasteiger charge is -2.30. The molecule has 1 aromatic carbocycles. The fraction of sp³-hybridized carbons (Fsp3) is 0.381. The Kier molecular flexibility index (Phi) is 6.22. The first-order valence-corrected chi connectivity index (χ1v) is 11.5. The summed E-state index contributed by atoms with van der Waals surface area (Å²) >= 11 is 3.11. The van der Waals surface area contributed by atoms with Crippen LogP contribution in [0.4, 0.5) is 5.00 Å². The number of nitrogens with zero attached hydrogens (tertiary/aromatic N) is 2. The molecule has 0 unspecified atom stereocenters. The smallest absolute Gasteiger partial charge is 0.341 e. The van der Waals surface area contributed by atoms with Crippen LogP contribution in [0.15, 0.2) is 35.7 Å². The third-order valence-electron chi connectivity index (χ3n) is 5.03. The van der Waals surface area contributed by atoms with Gasteiger partial charge < -0.3 is 10.1 Å². The number of aromatic nitrogens is 1. The second-order valence-electron chi connectivity index (χ2n) is 7.00. The number of piperidine rings is 1. The highest BCUT2D eigenvalue weighted by Crippen LogP contribution is 2.33. The van der Waals surface area contributed by atoms with Crippen molar-refractivity contribution in [3.8, 4) is 0 Å². The number of amides is 1. The number of hydrogen-bond acceptors (Lipinski definition) is 7. The number of esters is 1. The second kappa shape index (κ2) is 9.02. The fourth-order valence-electron chi connectivity index (χ4n) is 3.55. The number of hydrogen-bond donors (Lipinski definition) is 1. The molecule has 29 heavy (non-hydrogen) atoms. The van der Waals surface area contributed by atoms with Gasteiger partial charge in [-0.1, -0.05) is 12.1 Å². The molecule has 0 spiro atoms. The van der Waals surface area contributed by atoms with Crippen LogP contribution in [-0.2, 0) is 9.53 Å². The van der Waals surface area contributed by atoms with Crippen LogP contribution in [-0.4, -0.2) is 48.0 Å². The first-order valence-electron chi connectivity index (χ1n) is 9.76. The Labute approximate surface area is 177 Å². The molecule has 152 valence electrons. The number of likely N-dealkylation sites (tertiary alicyclic amines) is 1. The van der Waals surface area contributed by atoms with Crippen LogP contribution >= 0.6 is 22.7 Å². The summed E-state index contributed by atoms with van der Waals surface area (Å²) in [4.78, 5) is 31.4. The molecule has 4 rings (SSSR count). The molecular weight excluding hydrogens is 406 g/mol. The molecule has 8 heteroatoms. The minimum absolute atomic E-state index is 0.101. The Morgan fingerprint density at radius 3 is 2.79 bits per heavy atom. The lowest BCUT2D eigenvalue weighted by atomic mass is 9.97. The van der Waals surface area contributed by atoms with Gasteiger partial charge in [0, 0.05) is 5.92 Å². The standard InChI is InChI=1S/C21H23N3O3S2/c1-2-27-21(26)15-9-12-28-20(15)23-18(25)13-24-10-7-14(8-11-24)19-22-16-5-3-4-6-17(16)29-19/h3-6,9,12,14H,2,7-8,10-11,13H2,1H3,(H,23,25). The molecule has 0 atom stereocenters. The van der Waals surface area contributed by atoms with Gasteiger partial charge in [-0.15, -0.1) is 22.7 Å². The van der Waals surface area contributed by atoms with Crippen molar-refractivity contribution in [1.82, 2.24) is 9.88 Å². The van der Waals surface area contributed by atoms with Crippen molar-refractivity contribution in [2.24, 2.45) is 0 Å². The van der Waals surface area contributed by atoms with Gasteiger partial charge in [-0.25, -0.2) is 9.78 Å². The molecule has 6 nitrogen and oxygen atoms in total. The second-order valence-corrected chi connectivity index (χ2v) is 8.98. The van der Waals surface area contributed by atoms with E-state index in [9.17, 15) is 9.59 Å². The largest absolute Gasteiger partial charge is 0.462 e. The first-order chi connectivity index (χ1) is 14.1. The summed E-state index contributed by atoms with van der Waals surface area (Å²) < 4.78 is 6.27. The van der Waals surface area contributed by atoms with Crippen LogP contribution in [0, 0.1) is 0 Å². The Bertz CT molecular complexity index is 972. The highest BCUT2D eigenvalue weighted by Gasteiger charge is 2.25. The van der Waals surface area contributed by atoms with Crippen molar-refractivity contribution in [2.75, 3.05) is 31.6 Å². The highest BCUT2D eigenvalue weighted by atomic mass is 32.1. The normalized spacial score (nSPS) is 15.5. The summed E-state index contributed by atoms with van der Waals surface area (Å²) in [5.74, 6) is -0.0449. The molecule has 0 radical (unpaired) electrons. The zero-order valence-electron chi connectivity index (χ0n) is 16.2. The number of carbonyl (C=O) groups excluding carboxylic acids is 2. The molecule has 0 aliphatic carbocycles. The average Bonchev–Trinajstić information content (AvgIpc) is 3.35. The Hall–Kier alpha value is -2.29. The third-order valence-corrected chi connectivity index (χ3v) is 7.06. The summed E-state index contributed by atoms with van der Waals surface area (Å²) in [6.45, 7) is 4.13. The number of carbonyl (C=O) groups is 2. The van der Waals surface area contributed by atoms with Gasteiger partial charge in [0.2, 0.25) is 5.91 Å². The summed E-state index contributed by atoms with van der Waals surface area (Å²) in [6.07, 6.45) is 2.00. The van der Waals surface area contributed by atoms with E-state index >= 15 is 0 Å². The van der Waals surface area contributed by atoms with Gasteiger partial charge in [-0.05, 0) is 56.4 Å². The zero-order chi connectivity index (χ0) is 20.2. The van der Waals surface area contributed by atoms with E-state index < -0.39 is 5.97 Å². The molecule has 1 fully saturated rings. The predicted molar refractivity (Wildman–Crippen MR) is 117 cm³/mol. The molecule has 1 aliphatic rings. The van der Waals surface area contributed by atoms with Crippen LogP contribution in [0.1, 0.15) is 41.0 Å². The van der Waals surface area contributed by atoms with Crippen molar-refractivity contribution < 1.29 is 14.3 Å². The van der Waals surface area contributed by atoms with E-state index in [2.05, 4.69) is 22.3 Å². The van der Waals surface area contributed by atoms with Crippen molar-refractivity contribution >= 4 is 49.8 Å². The highest BCUT2D eigenvalue weighted by molar-refractivity contribution is 7.18. The number of anilines is 1. The number of nitrogens with one attached hydrogen (secondary N) is 1. The zero-order valence-corrected chi connectivity index (χ0v) is 17.9. The quantitative estimate of drug-likeness (QED) is 0.590. The van der Waals surface area contributed by atoms with Crippen LogP contribution < -0.4 is 5.32 Å². The maximum atomic E-state index is 12.5. The number of thiophene rings is 1. The number of fused-ring (bicyclic) bond motifs is 1. The summed E-state index contributed by atoms with van der Waals surface area (Å²) in [7, 11) is 0. The van der Waals surface area contributed by atoms with Crippen molar-refractivity contribution in [1.29, 1.82) is 0 Å². The van der Waals surface area contributed by atoms with Gasteiger partial charge in [0.15, 0.2) is 0 Å². The molecule has 0 saturated carbocycles. The van der Waals surface area contributed by atoms with Crippen LogP contribution in [0.5, 0.6) is 0 Å². The van der Waals surface area contributed by atoms with Gasteiger partial charge in [0.25, 0.3) is 0 Å². The minimum atomic E-state index is -0.402. The molecular formula is C21H23N3O3S2. The van der Waals surface area contributed by atoms with Gasteiger partial charge in [0.1, 0.15) is 5.00 Å². The Morgan fingerprint density at radius 1 is 1.24 bits per heavy atom. The van der Waals surface area contributed by atoms with Crippen LogP contribution in [0.25, 0.3) is 10.2 Å². The number of benzene rings is 1. The van der Waals surface area contributed by atoms with E-state index in [1.807, 2.05) is 12.1 Å². The van der Waals surface area contributed by atoms with Gasteiger partial charge in [-0.3, -0.25) is 9.69 Å². The van der Waals surface area contributed by atoms with E-state index in [0.29, 0.717) is 29.6 Å². The van der Waals surface area contributed by atoms with E-state index in [0.717, 1.165) is 31.4 Å². The number of para-hydroxylation sites is 1. The third kappa shape index (κ3) is 4.66. The molecule has 2 aromatic heterocycles. The van der Waals surface area contributed by atoms with Gasteiger partial charge in [0.05, 0.1) is 33.9 Å². The molecule has 1 aliphatic heterocycles.